The van der Waals surface area contributed by atoms with Gasteiger partial charge in [0.05, 0.1) is 4.92 Å². The molecule has 1 aromatic carbocycles. The maximum atomic E-state index is 11.0. The molecule has 1 unspecified atom stereocenters. The number of nitro benzene ring substituents is 1. The van der Waals surface area contributed by atoms with Gasteiger partial charge < -0.3 is 21.6 Å². The molecule has 1 amide bonds. The number of amides is 1. The number of primary amides is 1. The van der Waals surface area contributed by atoms with Gasteiger partial charge in [-0.1, -0.05) is 0 Å². The average Bonchev–Trinajstić information content (AvgIpc) is 2.34. The molecule has 20 heavy (non-hydrogen) atoms. The molecule has 1 rings (SSSR count). The summed E-state index contributed by atoms with van der Waals surface area (Å²) in [6.45, 7) is 0. The maximum absolute atomic E-state index is 11.0. The van der Waals surface area contributed by atoms with Crippen LogP contribution in [-0.4, -0.2) is 33.4 Å². The van der Waals surface area contributed by atoms with Crippen molar-refractivity contribution in [2.24, 2.45) is 5.73 Å². The number of hydrogen-bond acceptors (Lipinski definition) is 5. The number of nitrogens with one attached hydrogen (secondary N) is 1. The summed E-state index contributed by atoms with van der Waals surface area (Å²) in [7, 11) is 0. The summed E-state index contributed by atoms with van der Waals surface area (Å²) in [5, 5.41) is 22.1. The number of carboxylic acid groups (broad SMARTS) is 1. The van der Waals surface area contributed by atoms with Crippen molar-refractivity contribution < 1.29 is 25.1 Å². The van der Waals surface area contributed by atoms with Crippen LogP contribution in [0.25, 0.3) is 0 Å². The van der Waals surface area contributed by atoms with Crippen molar-refractivity contribution in [1.29, 1.82) is 0 Å². The summed E-state index contributed by atoms with van der Waals surface area (Å²) >= 11 is 0. The number of aliphatic carboxylic acids is 1. The zero-order valence-corrected chi connectivity index (χ0v) is 10.4. The fraction of sp³-hybridized carbons (Fsp3) is 0.273. The lowest BCUT2D eigenvalue weighted by atomic mass is 10.1. The Kier molecular flexibility index (Phi) is 6.66. The Morgan fingerprint density at radius 3 is 2.30 bits per heavy atom. The molecule has 0 fully saturated rings. The number of non-ortho nitro benzene ring substituents is 1. The first-order chi connectivity index (χ1) is 8.90. The number of benzene rings is 1. The van der Waals surface area contributed by atoms with Crippen LogP contribution in [0.4, 0.5) is 11.4 Å². The first-order valence-corrected chi connectivity index (χ1v) is 5.42. The minimum atomic E-state index is -1.13. The van der Waals surface area contributed by atoms with E-state index in [2.05, 4.69) is 5.32 Å². The minimum absolute atomic E-state index is 0. The fourth-order valence-electron chi connectivity index (χ4n) is 1.42. The maximum Gasteiger partial charge on any atom is 0.326 e. The SMILES string of the molecule is NC(=O)CCC(Nc1ccc([N+](=O)[O-])cc1)C(=O)O.O. The molecule has 0 spiro atoms. The molecule has 9 heteroatoms. The van der Waals surface area contributed by atoms with Crippen LogP contribution in [0.3, 0.4) is 0 Å². The summed E-state index contributed by atoms with van der Waals surface area (Å²) in [6, 6.07) is 4.34. The van der Waals surface area contributed by atoms with Gasteiger partial charge in [0.1, 0.15) is 6.04 Å². The third kappa shape index (κ3) is 5.31. The van der Waals surface area contributed by atoms with Crippen molar-refractivity contribution >= 4 is 23.3 Å². The summed E-state index contributed by atoms with van der Waals surface area (Å²) < 4.78 is 0. The van der Waals surface area contributed by atoms with Crippen LogP contribution < -0.4 is 11.1 Å². The molecule has 0 saturated carbocycles. The van der Waals surface area contributed by atoms with Gasteiger partial charge in [-0.3, -0.25) is 14.9 Å². The summed E-state index contributed by atoms with van der Waals surface area (Å²) in [5.74, 6) is -1.71. The highest BCUT2D eigenvalue weighted by atomic mass is 16.6. The summed E-state index contributed by atoms with van der Waals surface area (Å²) in [6.07, 6.45) is -0.0153. The Morgan fingerprint density at radius 1 is 1.35 bits per heavy atom. The van der Waals surface area contributed by atoms with Crippen LogP contribution >= 0.6 is 0 Å². The number of carbonyl (C=O) groups excluding carboxylic acids is 1. The predicted octanol–water partition coefficient (Wildman–Crippen LogP) is -0.0993. The van der Waals surface area contributed by atoms with Crippen LogP contribution in [0.2, 0.25) is 0 Å². The number of nitrogens with zero attached hydrogens (tertiary/aromatic N) is 1. The monoisotopic (exact) mass is 285 g/mol. The van der Waals surface area contributed by atoms with Crippen LogP contribution in [0.15, 0.2) is 24.3 Å². The molecule has 0 bridgehead atoms. The van der Waals surface area contributed by atoms with Gasteiger partial charge in [-0.2, -0.15) is 0 Å². The highest BCUT2D eigenvalue weighted by molar-refractivity contribution is 5.79. The van der Waals surface area contributed by atoms with Gasteiger partial charge in [-0.25, -0.2) is 4.79 Å². The van der Waals surface area contributed by atoms with E-state index in [-0.39, 0.29) is 24.0 Å². The van der Waals surface area contributed by atoms with E-state index in [1.54, 1.807) is 0 Å². The normalized spacial score (nSPS) is 11.0. The minimum Gasteiger partial charge on any atom is -0.480 e. The number of nitro groups is 1. The number of rotatable bonds is 7. The first kappa shape index (κ1) is 17.3. The Bertz CT molecular complexity index is 487. The van der Waals surface area contributed by atoms with E-state index in [0.717, 1.165) is 0 Å². The van der Waals surface area contributed by atoms with E-state index in [1.807, 2.05) is 0 Å². The van der Waals surface area contributed by atoms with Crippen LogP contribution in [0.1, 0.15) is 12.8 Å². The summed E-state index contributed by atoms with van der Waals surface area (Å²) in [4.78, 5) is 31.5. The Morgan fingerprint density at radius 2 is 1.90 bits per heavy atom. The van der Waals surface area contributed by atoms with Gasteiger partial charge >= 0.3 is 5.97 Å². The van der Waals surface area contributed by atoms with Gasteiger partial charge in [0, 0.05) is 24.2 Å². The third-order valence-electron chi connectivity index (χ3n) is 2.40. The molecule has 1 atom stereocenters. The number of hydrogen-bond donors (Lipinski definition) is 3. The van der Waals surface area contributed by atoms with Crippen molar-refractivity contribution in [3.8, 4) is 0 Å². The molecule has 0 radical (unpaired) electrons. The summed E-state index contributed by atoms with van der Waals surface area (Å²) in [5.41, 5.74) is 5.28. The van der Waals surface area contributed by atoms with E-state index >= 15 is 0 Å². The Hall–Kier alpha value is -2.68. The molecular weight excluding hydrogens is 270 g/mol. The molecule has 0 aliphatic rings. The van der Waals surface area contributed by atoms with Crippen molar-refractivity contribution in [1.82, 2.24) is 0 Å². The standard InChI is InChI=1S/C11H13N3O5.H2O/c12-10(15)6-5-9(11(16)17)13-7-1-3-8(4-2-7)14(18)19;/h1-4,9,13H,5-6H2,(H2,12,15)(H,16,17);1H2. The molecule has 6 N–H and O–H groups in total. The average molecular weight is 285 g/mol. The molecule has 0 aliphatic heterocycles. The van der Waals surface area contributed by atoms with E-state index in [4.69, 9.17) is 10.8 Å². The van der Waals surface area contributed by atoms with E-state index in [9.17, 15) is 19.7 Å². The second kappa shape index (κ2) is 7.69. The molecule has 0 heterocycles. The molecule has 9 nitrogen and oxygen atoms in total. The van der Waals surface area contributed by atoms with Crippen molar-refractivity contribution in [2.75, 3.05) is 5.32 Å². The Labute approximate surface area is 113 Å². The number of carbonyl (C=O) groups is 2. The lowest BCUT2D eigenvalue weighted by Crippen LogP contribution is -2.30. The van der Waals surface area contributed by atoms with Crippen LogP contribution in [0.5, 0.6) is 0 Å². The quantitative estimate of drug-likeness (QED) is 0.467. The van der Waals surface area contributed by atoms with Gasteiger partial charge in [0.2, 0.25) is 5.91 Å². The van der Waals surface area contributed by atoms with Crippen LogP contribution in [0, 0.1) is 10.1 Å². The second-order valence-electron chi connectivity index (χ2n) is 3.84. The number of anilines is 1. The Balaban J connectivity index is 0.00000361. The van der Waals surface area contributed by atoms with Crippen molar-refractivity contribution in [2.45, 2.75) is 18.9 Å². The molecule has 0 aliphatic carbocycles. The van der Waals surface area contributed by atoms with E-state index in [0.29, 0.717) is 5.69 Å². The largest absolute Gasteiger partial charge is 0.480 e. The third-order valence-corrected chi connectivity index (χ3v) is 2.40. The molecular formula is C11H15N3O6. The smallest absolute Gasteiger partial charge is 0.326 e. The van der Waals surface area contributed by atoms with E-state index in [1.165, 1.54) is 24.3 Å². The molecule has 0 aromatic heterocycles. The van der Waals surface area contributed by atoms with Gasteiger partial charge in [0.25, 0.3) is 5.69 Å². The topological polar surface area (TPSA) is 167 Å². The van der Waals surface area contributed by atoms with Crippen LogP contribution in [-0.2, 0) is 9.59 Å². The van der Waals surface area contributed by atoms with Crippen molar-refractivity contribution in [3.63, 3.8) is 0 Å². The lowest BCUT2D eigenvalue weighted by Gasteiger charge is -2.14. The van der Waals surface area contributed by atoms with E-state index < -0.39 is 22.8 Å². The zero-order chi connectivity index (χ0) is 14.4. The van der Waals surface area contributed by atoms with Crippen molar-refractivity contribution in [3.05, 3.63) is 34.4 Å². The van der Waals surface area contributed by atoms with Gasteiger partial charge in [-0.15, -0.1) is 0 Å². The van der Waals surface area contributed by atoms with Gasteiger partial charge in [0.15, 0.2) is 0 Å². The highest BCUT2D eigenvalue weighted by Crippen LogP contribution is 2.17. The number of nitrogens with two attached hydrogens (primary N) is 1. The first-order valence-electron chi connectivity index (χ1n) is 5.42. The fourth-order valence-corrected chi connectivity index (χ4v) is 1.42. The predicted molar refractivity (Wildman–Crippen MR) is 70.2 cm³/mol. The molecule has 0 saturated heterocycles. The lowest BCUT2D eigenvalue weighted by molar-refractivity contribution is -0.384. The highest BCUT2D eigenvalue weighted by Gasteiger charge is 2.18. The second-order valence-corrected chi connectivity index (χ2v) is 3.84. The molecule has 1 aromatic rings. The molecule has 110 valence electrons. The number of carboxylic acids is 1. The zero-order valence-electron chi connectivity index (χ0n) is 10.4. The van der Waals surface area contributed by atoms with Gasteiger partial charge in [-0.05, 0) is 18.6 Å².